The highest BCUT2D eigenvalue weighted by Crippen LogP contribution is 2.32. The van der Waals surface area contributed by atoms with Crippen LogP contribution in [-0.2, 0) is 17.8 Å². The van der Waals surface area contributed by atoms with Crippen LogP contribution in [0.1, 0.15) is 29.8 Å². The van der Waals surface area contributed by atoms with Crippen molar-refractivity contribution < 1.29 is 14.3 Å². The summed E-state index contributed by atoms with van der Waals surface area (Å²) in [5.74, 6) is 1.29. The predicted octanol–water partition coefficient (Wildman–Crippen LogP) is 2.76. The minimum atomic E-state index is -0.0646. The van der Waals surface area contributed by atoms with Crippen LogP contribution in [0.3, 0.4) is 0 Å². The molecule has 7 heteroatoms. The number of rotatable bonds is 6. The number of nitrogens with one attached hydrogen (secondary N) is 1. The Morgan fingerprint density at radius 1 is 1.31 bits per heavy atom. The molecule has 1 amide bonds. The molecule has 0 radical (unpaired) electrons. The van der Waals surface area contributed by atoms with E-state index in [4.69, 9.17) is 14.7 Å². The van der Waals surface area contributed by atoms with Crippen LogP contribution in [-0.4, -0.2) is 28.9 Å². The molecular formula is C19H22N4O3. The van der Waals surface area contributed by atoms with Crippen LogP contribution in [0.4, 0.5) is 5.69 Å². The van der Waals surface area contributed by atoms with Gasteiger partial charge >= 0.3 is 0 Å². The van der Waals surface area contributed by atoms with Crippen molar-refractivity contribution in [2.24, 2.45) is 0 Å². The number of fused-ring (bicyclic) bond motifs is 1. The molecule has 3 rings (SSSR count). The molecule has 2 aromatic rings. The lowest BCUT2D eigenvalue weighted by Gasteiger charge is -2.19. The van der Waals surface area contributed by atoms with Crippen molar-refractivity contribution in [2.45, 2.75) is 39.7 Å². The zero-order valence-corrected chi connectivity index (χ0v) is 15.0. The van der Waals surface area contributed by atoms with Crippen LogP contribution in [0.25, 0.3) is 0 Å². The van der Waals surface area contributed by atoms with Gasteiger partial charge in [0.25, 0.3) is 0 Å². The Hall–Kier alpha value is -3.01. The molecule has 0 saturated carbocycles. The number of carbonyl (C=O) groups excluding carboxylic acids is 1. The number of hydrogen-bond acceptors (Lipinski definition) is 5. The molecule has 0 fully saturated rings. The largest absolute Gasteiger partial charge is 0.486 e. The molecule has 2 heterocycles. The number of benzene rings is 1. The predicted molar refractivity (Wildman–Crippen MR) is 96.3 cm³/mol. The van der Waals surface area contributed by atoms with Gasteiger partial charge in [-0.25, -0.2) is 0 Å². The number of nitrogens with zero attached hydrogens (tertiary/aromatic N) is 3. The number of ether oxygens (including phenoxy) is 2. The maximum Gasteiger partial charge on any atom is 0.224 e. The molecule has 1 aliphatic heterocycles. The molecule has 136 valence electrons. The van der Waals surface area contributed by atoms with Gasteiger partial charge in [-0.2, -0.15) is 10.4 Å². The van der Waals surface area contributed by atoms with Crippen LogP contribution >= 0.6 is 0 Å². The third-order valence-electron chi connectivity index (χ3n) is 4.39. The molecule has 0 spiro atoms. The van der Waals surface area contributed by atoms with Gasteiger partial charge in [0.1, 0.15) is 13.2 Å². The third-order valence-corrected chi connectivity index (χ3v) is 4.39. The quantitative estimate of drug-likeness (QED) is 0.861. The Kier molecular flexibility index (Phi) is 5.42. The number of hydrogen-bond donors (Lipinski definition) is 1. The summed E-state index contributed by atoms with van der Waals surface area (Å²) in [6.07, 6.45) is 1.40. The lowest BCUT2D eigenvalue weighted by molar-refractivity contribution is -0.116. The molecule has 0 atom stereocenters. The van der Waals surface area contributed by atoms with E-state index in [1.807, 2.05) is 24.6 Å². The molecule has 0 unspecified atom stereocenters. The maximum atomic E-state index is 12.3. The molecule has 1 aromatic heterocycles. The monoisotopic (exact) mass is 354 g/mol. The van der Waals surface area contributed by atoms with E-state index in [2.05, 4.69) is 16.5 Å². The normalized spacial score (nSPS) is 12.5. The van der Waals surface area contributed by atoms with Gasteiger partial charge in [-0.1, -0.05) is 0 Å². The van der Waals surface area contributed by atoms with Gasteiger partial charge in [0.05, 0.1) is 24.7 Å². The van der Waals surface area contributed by atoms with Crippen molar-refractivity contribution in [2.75, 3.05) is 18.5 Å². The van der Waals surface area contributed by atoms with E-state index in [0.29, 0.717) is 56.2 Å². The number of carbonyl (C=O) groups is 1. The molecule has 26 heavy (non-hydrogen) atoms. The fourth-order valence-electron chi connectivity index (χ4n) is 3.05. The summed E-state index contributed by atoms with van der Waals surface area (Å²) >= 11 is 0. The molecule has 0 bridgehead atoms. The average molecular weight is 354 g/mol. The first kappa shape index (κ1) is 17.8. The first-order chi connectivity index (χ1) is 12.6. The second kappa shape index (κ2) is 7.91. The number of amides is 1. The van der Waals surface area contributed by atoms with Crippen molar-refractivity contribution in [1.82, 2.24) is 9.78 Å². The van der Waals surface area contributed by atoms with Crippen molar-refractivity contribution >= 4 is 11.6 Å². The molecular weight excluding hydrogens is 332 g/mol. The first-order valence-corrected chi connectivity index (χ1v) is 8.68. The van der Waals surface area contributed by atoms with Crippen LogP contribution in [0.15, 0.2) is 18.2 Å². The highest BCUT2D eigenvalue weighted by molar-refractivity contribution is 5.91. The zero-order valence-electron chi connectivity index (χ0n) is 15.0. The molecule has 0 aliphatic carbocycles. The third kappa shape index (κ3) is 3.97. The Balaban J connectivity index is 1.59. The van der Waals surface area contributed by atoms with Gasteiger partial charge in [0.15, 0.2) is 11.5 Å². The van der Waals surface area contributed by atoms with Gasteiger partial charge in [0.2, 0.25) is 5.91 Å². The Morgan fingerprint density at radius 2 is 2.08 bits per heavy atom. The second-order valence-electron chi connectivity index (χ2n) is 6.19. The Morgan fingerprint density at radius 3 is 2.85 bits per heavy atom. The van der Waals surface area contributed by atoms with Gasteiger partial charge in [-0.3, -0.25) is 9.48 Å². The van der Waals surface area contributed by atoms with Crippen molar-refractivity contribution in [1.29, 1.82) is 5.26 Å². The smallest absolute Gasteiger partial charge is 0.224 e. The van der Waals surface area contributed by atoms with Crippen LogP contribution in [0.5, 0.6) is 11.5 Å². The second-order valence-corrected chi connectivity index (χ2v) is 6.19. The van der Waals surface area contributed by atoms with E-state index in [9.17, 15) is 4.79 Å². The number of aromatic nitrogens is 2. The fourth-order valence-corrected chi connectivity index (χ4v) is 3.05. The Labute approximate surface area is 152 Å². The topological polar surface area (TPSA) is 89.2 Å². The minimum Gasteiger partial charge on any atom is -0.486 e. The summed E-state index contributed by atoms with van der Waals surface area (Å²) in [4.78, 5) is 12.3. The number of nitriles is 1. The average Bonchev–Trinajstić information content (AvgIpc) is 2.91. The summed E-state index contributed by atoms with van der Waals surface area (Å²) < 4.78 is 12.8. The van der Waals surface area contributed by atoms with Gasteiger partial charge < -0.3 is 14.8 Å². The van der Waals surface area contributed by atoms with Crippen LogP contribution in [0.2, 0.25) is 0 Å². The molecule has 1 aliphatic rings. The van der Waals surface area contributed by atoms with Crippen LogP contribution in [0, 0.1) is 25.2 Å². The number of anilines is 1. The van der Waals surface area contributed by atoms with Gasteiger partial charge in [0, 0.05) is 23.9 Å². The van der Waals surface area contributed by atoms with E-state index in [1.54, 1.807) is 12.1 Å². The van der Waals surface area contributed by atoms with E-state index in [0.717, 1.165) is 17.0 Å². The molecule has 0 saturated heterocycles. The van der Waals surface area contributed by atoms with E-state index in [-0.39, 0.29) is 5.91 Å². The van der Waals surface area contributed by atoms with Gasteiger partial charge in [-0.15, -0.1) is 0 Å². The van der Waals surface area contributed by atoms with Crippen molar-refractivity contribution in [3.8, 4) is 17.6 Å². The Bertz CT molecular complexity index is 851. The lowest BCUT2D eigenvalue weighted by atomic mass is 10.1. The van der Waals surface area contributed by atoms with Crippen molar-refractivity contribution in [3.05, 3.63) is 35.2 Å². The highest BCUT2D eigenvalue weighted by Gasteiger charge is 2.15. The first-order valence-electron chi connectivity index (χ1n) is 8.68. The SMILES string of the molecule is Cc1nn(CCC#N)c(C)c1CCC(=O)Nc1ccc2c(c1)OCCO2. The highest BCUT2D eigenvalue weighted by atomic mass is 16.6. The lowest BCUT2D eigenvalue weighted by Crippen LogP contribution is -2.16. The molecule has 1 aromatic carbocycles. The van der Waals surface area contributed by atoms with Gasteiger partial charge in [-0.05, 0) is 38.0 Å². The van der Waals surface area contributed by atoms with E-state index in [1.165, 1.54) is 0 Å². The molecule has 1 N–H and O–H groups in total. The van der Waals surface area contributed by atoms with Crippen molar-refractivity contribution in [3.63, 3.8) is 0 Å². The van der Waals surface area contributed by atoms with Crippen LogP contribution < -0.4 is 14.8 Å². The summed E-state index contributed by atoms with van der Waals surface area (Å²) in [7, 11) is 0. The molecule has 7 nitrogen and oxygen atoms in total. The fraction of sp³-hybridized carbons (Fsp3) is 0.421. The summed E-state index contributed by atoms with van der Waals surface area (Å²) in [5, 5.41) is 16.1. The minimum absolute atomic E-state index is 0.0646. The summed E-state index contributed by atoms with van der Waals surface area (Å²) in [6, 6.07) is 7.52. The standard InChI is InChI=1S/C19H22N4O3/c1-13-16(14(2)23(22-13)9-3-8-20)5-7-19(24)21-15-4-6-17-18(12-15)26-11-10-25-17/h4,6,12H,3,5,7,9-11H2,1-2H3,(H,21,24). The van der Waals surface area contributed by atoms with E-state index < -0.39 is 0 Å². The summed E-state index contributed by atoms with van der Waals surface area (Å²) in [6.45, 7) is 5.54. The zero-order chi connectivity index (χ0) is 18.5. The van der Waals surface area contributed by atoms with E-state index >= 15 is 0 Å². The summed E-state index contributed by atoms with van der Waals surface area (Å²) in [5.41, 5.74) is 3.69. The maximum absolute atomic E-state index is 12.3. The number of aryl methyl sites for hydroxylation is 2.